The fourth-order valence-corrected chi connectivity index (χ4v) is 1.93. The van der Waals surface area contributed by atoms with Crippen LogP contribution in [0.15, 0.2) is 18.2 Å². The Morgan fingerprint density at radius 2 is 1.85 bits per heavy atom. The predicted molar refractivity (Wildman–Crippen MR) is 76.0 cm³/mol. The lowest BCUT2D eigenvalue weighted by Gasteiger charge is -2.22. The highest BCUT2D eigenvalue weighted by Gasteiger charge is 2.16. The smallest absolute Gasteiger partial charge is 0.179 e. The van der Waals surface area contributed by atoms with Crippen molar-refractivity contribution in [3.05, 3.63) is 35.4 Å². The molecule has 0 saturated carbocycles. The molecule has 0 aliphatic heterocycles. The van der Waals surface area contributed by atoms with Crippen LogP contribution in [0.5, 0.6) is 0 Å². The number of carbonyl (C=O) groups is 1. The first-order valence-electron chi connectivity index (χ1n) is 6.79. The number of likely N-dealkylation sites (N-methyl/N-ethyl adjacent to an activating group) is 1. The quantitative estimate of drug-likeness (QED) is 0.685. The number of halogens is 2. The Morgan fingerprint density at radius 1 is 1.15 bits per heavy atom. The van der Waals surface area contributed by atoms with Crippen LogP contribution in [-0.4, -0.2) is 55.9 Å². The van der Waals surface area contributed by atoms with Gasteiger partial charge in [-0.25, -0.2) is 8.78 Å². The van der Waals surface area contributed by atoms with E-state index in [9.17, 15) is 13.6 Å². The van der Waals surface area contributed by atoms with Gasteiger partial charge in [0.15, 0.2) is 5.78 Å². The second-order valence-corrected chi connectivity index (χ2v) is 5.13. The molecule has 1 aromatic rings. The van der Waals surface area contributed by atoms with E-state index in [0.29, 0.717) is 0 Å². The van der Waals surface area contributed by atoms with Gasteiger partial charge in [0, 0.05) is 19.2 Å². The zero-order valence-electron chi connectivity index (χ0n) is 12.3. The minimum absolute atomic E-state index is 0.0441. The summed E-state index contributed by atoms with van der Waals surface area (Å²) < 4.78 is 26.4. The molecule has 112 valence electrons. The molecule has 0 saturated heterocycles. The Morgan fingerprint density at radius 3 is 2.40 bits per heavy atom. The van der Waals surface area contributed by atoms with E-state index in [-0.39, 0.29) is 17.9 Å². The highest BCUT2D eigenvalue weighted by Crippen LogP contribution is 2.11. The zero-order chi connectivity index (χ0) is 15.1. The molecule has 0 heterocycles. The van der Waals surface area contributed by atoms with Crippen LogP contribution in [0.1, 0.15) is 23.7 Å². The molecular weight excluding hydrogens is 262 g/mol. The van der Waals surface area contributed by atoms with Crippen LogP contribution in [0.3, 0.4) is 0 Å². The van der Waals surface area contributed by atoms with E-state index in [0.717, 1.165) is 38.2 Å². The van der Waals surface area contributed by atoms with Crippen LogP contribution in [0.4, 0.5) is 8.78 Å². The Balaban J connectivity index is 2.69. The molecule has 0 unspecified atom stereocenters. The number of hydrogen-bond acceptors (Lipinski definition) is 3. The van der Waals surface area contributed by atoms with Gasteiger partial charge in [0.25, 0.3) is 0 Å². The third-order valence-electron chi connectivity index (χ3n) is 3.00. The van der Waals surface area contributed by atoms with E-state index in [1.165, 1.54) is 6.07 Å². The van der Waals surface area contributed by atoms with Gasteiger partial charge in [0.1, 0.15) is 11.6 Å². The van der Waals surface area contributed by atoms with Crippen molar-refractivity contribution in [3.8, 4) is 0 Å². The first-order chi connectivity index (χ1) is 9.43. The van der Waals surface area contributed by atoms with Crippen LogP contribution >= 0.6 is 0 Å². The highest BCUT2D eigenvalue weighted by molar-refractivity contribution is 5.97. The molecule has 20 heavy (non-hydrogen) atoms. The van der Waals surface area contributed by atoms with E-state index in [2.05, 4.69) is 0 Å². The van der Waals surface area contributed by atoms with Crippen LogP contribution in [-0.2, 0) is 0 Å². The second-order valence-electron chi connectivity index (χ2n) is 5.13. The van der Waals surface area contributed by atoms with Gasteiger partial charge in [-0.1, -0.05) is 6.92 Å². The molecule has 0 N–H and O–H groups in total. The molecular formula is C15H22F2N2O. The van der Waals surface area contributed by atoms with Gasteiger partial charge < -0.3 is 4.90 Å². The van der Waals surface area contributed by atoms with E-state index in [1.54, 1.807) is 0 Å². The minimum atomic E-state index is -0.793. The highest BCUT2D eigenvalue weighted by atomic mass is 19.1. The lowest BCUT2D eigenvalue weighted by Crippen LogP contribution is -2.36. The van der Waals surface area contributed by atoms with Crippen molar-refractivity contribution in [2.75, 3.05) is 40.3 Å². The normalized spacial score (nSPS) is 11.3. The number of nitrogens with zero attached hydrogens (tertiary/aromatic N) is 2. The number of rotatable bonds is 8. The Kier molecular flexibility index (Phi) is 6.75. The third kappa shape index (κ3) is 5.35. The van der Waals surface area contributed by atoms with Crippen molar-refractivity contribution in [3.63, 3.8) is 0 Å². The largest absolute Gasteiger partial charge is 0.308 e. The topological polar surface area (TPSA) is 23.6 Å². The van der Waals surface area contributed by atoms with E-state index in [4.69, 9.17) is 0 Å². The molecule has 0 radical (unpaired) electrons. The maximum Gasteiger partial charge on any atom is 0.179 e. The van der Waals surface area contributed by atoms with Gasteiger partial charge in [0.2, 0.25) is 0 Å². The van der Waals surface area contributed by atoms with Gasteiger partial charge in [-0.15, -0.1) is 0 Å². The van der Waals surface area contributed by atoms with Crippen LogP contribution in [0.2, 0.25) is 0 Å². The fraction of sp³-hybridized carbons (Fsp3) is 0.533. The first-order valence-corrected chi connectivity index (χ1v) is 6.79. The SMILES string of the molecule is CCCN(CCN(C)C)CC(=O)c1ccc(F)cc1F. The van der Waals surface area contributed by atoms with Crippen molar-refractivity contribution in [1.29, 1.82) is 0 Å². The lowest BCUT2D eigenvalue weighted by molar-refractivity contribution is 0.0921. The molecule has 5 heteroatoms. The van der Waals surface area contributed by atoms with Crippen LogP contribution in [0, 0.1) is 11.6 Å². The van der Waals surface area contributed by atoms with Gasteiger partial charge in [-0.3, -0.25) is 9.69 Å². The molecule has 0 amide bonds. The number of benzene rings is 1. The molecule has 0 aliphatic carbocycles. The van der Waals surface area contributed by atoms with Gasteiger partial charge >= 0.3 is 0 Å². The van der Waals surface area contributed by atoms with Crippen molar-refractivity contribution < 1.29 is 13.6 Å². The van der Waals surface area contributed by atoms with Crippen molar-refractivity contribution in [2.45, 2.75) is 13.3 Å². The van der Waals surface area contributed by atoms with Gasteiger partial charge in [0.05, 0.1) is 12.1 Å². The molecule has 3 nitrogen and oxygen atoms in total. The Labute approximate surface area is 119 Å². The number of ketones is 1. The summed E-state index contributed by atoms with van der Waals surface area (Å²) in [5.41, 5.74) is -0.0441. The first kappa shape index (κ1) is 16.7. The molecule has 1 rings (SSSR count). The summed E-state index contributed by atoms with van der Waals surface area (Å²) in [6, 6.07) is 3.07. The number of hydrogen-bond donors (Lipinski definition) is 0. The molecule has 0 atom stereocenters. The van der Waals surface area contributed by atoms with Gasteiger partial charge in [-0.05, 0) is 39.2 Å². The molecule has 0 fully saturated rings. The summed E-state index contributed by atoms with van der Waals surface area (Å²) in [5, 5.41) is 0. The number of Topliss-reactive ketones (excluding diaryl/α,β-unsaturated/α-hetero) is 1. The molecule has 0 aliphatic rings. The third-order valence-corrected chi connectivity index (χ3v) is 3.00. The van der Waals surface area contributed by atoms with E-state index in [1.807, 2.05) is 30.8 Å². The Hall–Kier alpha value is -1.33. The summed E-state index contributed by atoms with van der Waals surface area (Å²) in [4.78, 5) is 16.1. The molecule has 0 spiro atoms. The maximum absolute atomic E-state index is 13.6. The minimum Gasteiger partial charge on any atom is -0.308 e. The summed E-state index contributed by atoms with van der Waals surface area (Å²) >= 11 is 0. The zero-order valence-corrected chi connectivity index (χ0v) is 12.3. The fourth-order valence-electron chi connectivity index (χ4n) is 1.93. The summed E-state index contributed by atoms with van der Waals surface area (Å²) in [7, 11) is 3.93. The van der Waals surface area contributed by atoms with E-state index < -0.39 is 11.6 Å². The van der Waals surface area contributed by atoms with Crippen LogP contribution in [0.25, 0.3) is 0 Å². The van der Waals surface area contributed by atoms with Crippen molar-refractivity contribution in [2.24, 2.45) is 0 Å². The standard InChI is InChI=1S/C15H22F2N2O/c1-4-7-19(9-8-18(2)3)11-15(20)13-6-5-12(16)10-14(13)17/h5-6,10H,4,7-9,11H2,1-3H3. The average molecular weight is 284 g/mol. The number of carbonyl (C=O) groups excluding carboxylic acids is 1. The average Bonchev–Trinajstić information content (AvgIpc) is 2.35. The molecule has 1 aromatic carbocycles. The molecule has 0 bridgehead atoms. The van der Waals surface area contributed by atoms with E-state index >= 15 is 0 Å². The summed E-state index contributed by atoms with van der Waals surface area (Å²) in [6.07, 6.45) is 0.923. The second kappa shape index (κ2) is 8.07. The summed E-state index contributed by atoms with van der Waals surface area (Å²) in [5.74, 6) is -1.77. The molecule has 0 aromatic heterocycles. The predicted octanol–water partition coefficient (Wildman–Crippen LogP) is 2.42. The lowest BCUT2D eigenvalue weighted by atomic mass is 10.1. The van der Waals surface area contributed by atoms with Crippen molar-refractivity contribution >= 4 is 5.78 Å². The van der Waals surface area contributed by atoms with Gasteiger partial charge in [-0.2, -0.15) is 0 Å². The Bertz CT molecular complexity index is 449. The van der Waals surface area contributed by atoms with Crippen molar-refractivity contribution in [1.82, 2.24) is 9.80 Å². The maximum atomic E-state index is 13.6. The summed E-state index contributed by atoms with van der Waals surface area (Å²) in [6.45, 7) is 4.55. The monoisotopic (exact) mass is 284 g/mol. The van der Waals surface area contributed by atoms with Crippen LogP contribution < -0.4 is 0 Å².